The minimum atomic E-state index is -2.85. The number of hydrogen-bond acceptors (Lipinski definition) is 4. The fourth-order valence-corrected chi connectivity index (χ4v) is 3.16. The van der Waals surface area contributed by atoms with Gasteiger partial charge in [0.15, 0.2) is 0 Å². The SMILES string of the molecule is CCc1ccc(CC(NN)c2ccccc2OC(F)F)s1. The first-order valence-electron chi connectivity index (χ1n) is 6.71. The van der Waals surface area contributed by atoms with Crippen molar-refractivity contribution in [2.24, 2.45) is 5.84 Å². The van der Waals surface area contributed by atoms with Gasteiger partial charge in [-0.2, -0.15) is 8.78 Å². The van der Waals surface area contributed by atoms with Crippen LogP contribution in [-0.2, 0) is 12.8 Å². The van der Waals surface area contributed by atoms with E-state index in [4.69, 9.17) is 5.84 Å². The van der Waals surface area contributed by atoms with Gasteiger partial charge < -0.3 is 4.74 Å². The van der Waals surface area contributed by atoms with Crippen molar-refractivity contribution in [3.63, 3.8) is 0 Å². The van der Waals surface area contributed by atoms with E-state index in [9.17, 15) is 8.78 Å². The second-order valence-corrected chi connectivity index (χ2v) is 5.81. The predicted molar refractivity (Wildman–Crippen MR) is 80.5 cm³/mol. The molecule has 0 aliphatic rings. The van der Waals surface area contributed by atoms with E-state index in [0.717, 1.165) is 11.3 Å². The predicted octanol–water partition coefficient (Wildman–Crippen LogP) is 3.66. The van der Waals surface area contributed by atoms with E-state index >= 15 is 0 Å². The average Bonchev–Trinajstić information content (AvgIpc) is 2.93. The van der Waals surface area contributed by atoms with Gasteiger partial charge >= 0.3 is 6.61 Å². The molecule has 0 saturated carbocycles. The number of aryl methyl sites for hydroxylation is 1. The summed E-state index contributed by atoms with van der Waals surface area (Å²) >= 11 is 1.71. The molecule has 2 aromatic rings. The molecule has 1 atom stereocenters. The smallest absolute Gasteiger partial charge is 0.387 e. The highest BCUT2D eigenvalue weighted by Crippen LogP contribution is 2.30. The summed E-state index contributed by atoms with van der Waals surface area (Å²) in [6.07, 6.45) is 1.61. The number of hydrogen-bond donors (Lipinski definition) is 2. The Hall–Kier alpha value is -1.50. The molecule has 6 heteroatoms. The maximum Gasteiger partial charge on any atom is 0.387 e. The van der Waals surface area contributed by atoms with Crippen LogP contribution in [0.15, 0.2) is 36.4 Å². The van der Waals surface area contributed by atoms with Gasteiger partial charge in [0.05, 0.1) is 6.04 Å². The molecule has 1 aromatic heterocycles. The third-order valence-electron chi connectivity index (χ3n) is 3.18. The maximum absolute atomic E-state index is 12.5. The molecule has 0 amide bonds. The number of rotatable bonds is 7. The highest BCUT2D eigenvalue weighted by molar-refractivity contribution is 7.11. The van der Waals surface area contributed by atoms with E-state index in [0.29, 0.717) is 12.0 Å². The van der Waals surface area contributed by atoms with Crippen molar-refractivity contribution in [3.8, 4) is 5.75 Å². The molecular weight excluding hydrogens is 294 g/mol. The number of thiophene rings is 1. The lowest BCUT2D eigenvalue weighted by atomic mass is 10.0. The number of benzene rings is 1. The standard InChI is InChI=1S/C15H18F2N2OS/c1-2-10-7-8-11(21-10)9-13(19-18)12-5-3-4-6-14(12)20-15(16)17/h3-8,13,15,19H,2,9,18H2,1H3. The van der Waals surface area contributed by atoms with Gasteiger partial charge in [0.25, 0.3) is 0 Å². The number of para-hydroxylation sites is 1. The normalized spacial score (nSPS) is 12.6. The molecule has 1 unspecified atom stereocenters. The van der Waals surface area contributed by atoms with Crippen molar-refractivity contribution in [1.82, 2.24) is 5.43 Å². The third-order valence-corrected chi connectivity index (χ3v) is 4.43. The van der Waals surface area contributed by atoms with Crippen LogP contribution in [0.1, 0.15) is 28.3 Å². The number of nitrogens with one attached hydrogen (secondary N) is 1. The molecule has 1 aromatic carbocycles. The van der Waals surface area contributed by atoms with E-state index in [2.05, 4.69) is 23.2 Å². The minimum absolute atomic E-state index is 0.155. The zero-order valence-corrected chi connectivity index (χ0v) is 12.5. The number of ether oxygens (including phenoxy) is 1. The van der Waals surface area contributed by atoms with Crippen molar-refractivity contribution in [2.45, 2.75) is 32.4 Å². The van der Waals surface area contributed by atoms with E-state index < -0.39 is 6.61 Å². The minimum Gasteiger partial charge on any atom is -0.434 e. The lowest BCUT2D eigenvalue weighted by molar-refractivity contribution is -0.0507. The molecule has 0 saturated heterocycles. The Bertz CT molecular complexity index is 574. The molecule has 0 bridgehead atoms. The van der Waals surface area contributed by atoms with Gasteiger partial charge in [0.1, 0.15) is 5.75 Å². The summed E-state index contributed by atoms with van der Waals surface area (Å²) in [6.45, 7) is -0.752. The van der Waals surface area contributed by atoms with Crippen molar-refractivity contribution in [2.75, 3.05) is 0 Å². The number of alkyl halides is 2. The molecule has 0 aliphatic heterocycles. The highest BCUT2D eigenvalue weighted by atomic mass is 32.1. The second-order valence-electron chi connectivity index (χ2n) is 4.56. The zero-order valence-electron chi connectivity index (χ0n) is 11.7. The van der Waals surface area contributed by atoms with Gasteiger partial charge in [-0.05, 0) is 24.6 Å². The van der Waals surface area contributed by atoms with Crippen molar-refractivity contribution in [1.29, 1.82) is 0 Å². The van der Waals surface area contributed by atoms with Gasteiger partial charge in [-0.3, -0.25) is 11.3 Å². The molecule has 1 heterocycles. The van der Waals surface area contributed by atoms with Crippen LogP contribution in [0.3, 0.4) is 0 Å². The Balaban J connectivity index is 2.20. The summed E-state index contributed by atoms with van der Waals surface area (Å²) in [6, 6.07) is 10.6. The summed E-state index contributed by atoms with van der Waals surface area (Å²) in [7, 11) is 0. The van der Waals surface area contributed by atoms with Crippen LogP contribution in [0.2, 0.25) is 0 Å². The van der Waals surface area contributed by atoms with Gasteiger partial charge in [-0.15, -0.1) is 11.3 Å². The molecule has 114 valence electrons. The molecule has 0 radical (unpaired) electrons. The monoisotopic (exact) mass is 312 g/mol. The zero-order chi connectivity index (χ0) is 15.2. The van der Waals surface area contributed by atoms with Gasteiger partial charge in [0.2, 0.25) is 0 Å². The van der Waals surface area contributed by atoms with Crippen LogP contribution >= 0.6 is 11.3 Å². The molecule has 0 aliphatic carbocycles. The molecule has 0 spiro atoms. The average molecular weight is 312 g/mol. The number of hydrazine groups is 1. The summed E-state index contributed by atoms with van der Waals surface area (Å²) in [5.41, 5.74) is 3.32. The molecule has 21 heavy (non-hydrogen) atoms. The first-order valence-corrected chi connectivity index (χ1v) is 7.53. The van der Waals surface area contributed by atoms with Crippen molar-refractivity contribution in [3.05, 3.63) is 51.7 Å². The van der Waals surface area contributed by atoms with Crippen LogP contribution in [0.4, 0.5) is 8.78 Å². The van der Waals surface area contributed by atoms with Crippen LogP contribution in [-0.4, -0.2) is 6.61 Å². The van der Waals surface area contributed by atoms with Crippen LogP contribution < -0.4 is 16.0 Å². The highest BCUT2D eigenvalue weighted by Gasteiger charge is 2.18. The summed E-state index contributed by atoms with van der Waals surface area (Å²) in [5.74, 6) is 5.76. The van der Waals surface area contributed by atoms with Gasteiger partial charge in [-0.25, -0.2) is 0 Å². The van der Waals surface area contributed by atoms with Gasteiger partial charge in [-0.1, -0.05) is 25.1 Å². The number of nitrogens with two attached hydrogens (primary N) is 1. The Morgan fingerprint density at radius 3 is 2.52 bits per heavy atom. The van der Waals surface area contributed by atoms with Crippen LogP contribution in [0, 0.1) is 0 Å². The Kier molecular flexibility index (Phi) is 5.67. The Morgan fingerprint density at radius 1 is 1.19 bits per heavy atom. The second kappa shape index (κ2) is 7.49. The van der Waals surface area contributed by atoms with E-state index in [1.807, 2.05) is 6.07 Å². The topological polar surface area (TPSA) is 47.3 Å². The lowest BCUT2D eigenvalue weighted by Crippen LogP contribution is -2.30. The summed E-state index contributed by atoms with van der Waals surface area (Å²) < 4.78 is 29.5. The van der Waals surface area contributed by atoms with Crippen LogP contribution in [0.25, 0.3) is 0 Å². The first-order chi connectivity index (χ1) is 10.1. The van der Waals surface area contributed by atoms with Gasteiger partial charge in [0, 0.05) is 21.7 Å². The fourth-order valence-electron chi connectivity index (χ4n) is 2.15. The first kappa shape index (κ1) is 15.9. The molecular formula is C15H18F2N2OS. The summed E-state index contributed by atoms with van der Waals surface area (Å²) in [4.78, 5) is 2.44. The molecule has 2 rings (SSSR count). The van der Waals surface area contributed by atoms with E-state index in [1.54, 1.807) is 29.5 Å². The van der Waals surface area contributed by atoms with E-state index in [-0.39, 0.29) is 11.8 Å². The maximum atomic E-state index is 12.5. The Labute approximate surface area is 126 Å². The lowest BCUT2D eigenvalue weighted by Gasteiger charge is -2.19. The van der Waals surface area contributed by atoms with Crippen molar-refractivity contribution >= 4 is 11.3 Å². The largest absolute Gasteiger partial charge is 0.434 e. The van der Waals surface area contributed by atoms with Crippen molar-refractivity contribution < 1.29 is 13.5 Å². The molecule has 0 fully saturated rings. The van der Waals surface area contributed by atoms with E-state index in [1.165, 1.54) is 10.9 Å². The quantitative estimate of drug-likeness (QED) is 0.606. The fraction of sp³-hybridized carbons (Fsp3) is 0.333. The number of halogens is 2. The van der Waals surface area contributed by atoms with Crippen LogP contribution in [0.5, 0.6) is 5.75 Å². The molecule has 3 nitrogen and oxygen atoms in total. The Morgan fingerprint density at radius 2 is 1.90 bits per heavy atom. The summed E-state index contributed by atoms with van der Waals surface area (Å²) in [5, 5.41) is 0. The third kappa shape index (κ3) is 4.23. The molecule has 3 N–H and O–H groups in total.